The van der Waals surface area contributed by atoms with Crippen LogP contribution in [0.1, 0.15) is 21.1 Å². The summed E-state index contributed by atoms with van der Waals surface area (Å²) >= 11 is 1.17. The number of methoxy groups -OCH3 is 1. The van der Waals surface area contributed by atoms with Gasteiger partial charge in [-0.2, -0.15) is 0 Å². The molecule has 7 nitrogen and oxygen atoms in total. The molecule has 0 aliphatic heterocycles. The van der Waals surface area contributed by atoms with Gasteiger partial charge < -0.3 is 15.0 Å². The van der Waals surface area contributed by atoms with Crippen molar-refractivity contribution in [2.45, 2.75) is 13.8 Å². The summed E-state index contributed by atoms with van der Waals surface area (Å²) in [4.78, 5) is 42.8. The number of esters is 1. The number of nitrogens with zero attached hydrogens (tertiary/aromatic N) is 1. The number of hydrogen-bond donors (Lipinski definition) is 2. The standard InChI is InChI=1S/C14H15N3O4S/c1-7-10-12(19)16-8(2)17-14(10)22-11(7)13(20)15-6-4-5-9(18)21-3/h4-5H,6H2,1-3H3,(H,15,20)(H,16,17,19)/b5-4+. The lowest BCUT2D eigenvalue weighted by molar-refractivity contribution is -0.134. The smallest absolute Gasteiger partial charge is 0.330 e. The van der Waals surface area contributed by atoms with E-state index < -0.39 is 5.97 Å². The Morgan fingerprint density at radius 3 is 2.82 bits per heavy atom. The largest absolute Gasteiger partial charge is 0.466 e. The van der Waals surface area contributed by atoms with Crippen molar-refractivity contribution in [3.8, 4) is 0 Å². The Hall–Kier alpha value is -2.48. The molecule has 2 aromatic rings. The average molecular weight is 321 g/mol. The molecule has 8 heteroatoms. The predicted octanol–water partition coefficient (Wildman–Crippen LogP) is 1.06. The van der Waals surface area contributed by atoms with Gasteiger partial charge in [0.1, 0.15) is 10.7 Å². The van der Waals surface area contributed by atoms with Crippen molar-refractivity contribution in [2.24, 2.45) is 0 Å². The van der Waals surface area contributed by atoms with Gasteiger partial charge in [-0.1, -0.05) is 6.08 Å². The minimum atomic E-state index is -0.487. The van der Waals surface area contributed by atoms with Crippen molar-refractivity contribution < 1.29 is 14.3 Å². The zero-order valence-corrected chi connectivity index (χ0v) is 13.2. The Morgan fingerprint density at radius 2 is 2.14 bits per heavy atom. The first-order chi connectivity index (χ1) is 10.4. The maximum absolute atomic E-state index is 12.2. The summed E-state index contributed by atoms with van der Waals surface area (Å²) in [5.41, 5.74) is 0.351. The zero-order chi connectivity index (χ0) is 16.3. The second kappa shape index (κ2) is 6.52. The van der Waals surface area contributed by atoms with E-state index in [0.717, 1.165) is 0 Å². The number of aromatic nitrogens is 2. The van der Waals surface area contributed by atoms with Crippen LogP contribution in [-0.4, -0.2) is 35.5 Å². The average Bonchev–Trinajstić information content (AvgIpc) is 2.80. The molecular weight excluding hydrogens is 306 g/mol. The molecule has 2 rings (SSSR count). The summed E-state index contributed by atoms with van der Waals surface area (Å²) in [6.07, 6.45) is 2.72. The van der Waals surface area contributed by atoms with Crippen LogP contribution in [0.25, 0.3) is 10.2 Å². The van der Waals surface area contributed by atoms with E-state index >= 15 is 0 Å². The van der Waals surface area contributed by atoms with Crippen LogP contribution in [0, 0.1) is 13.8 Å². The molecule has 0 atom stereocenters. The van der Waals surface area contributed by atoms with E-state index in [2.05, 4.69) is 20.0 Å². The van der Waals surface area contributed by atoms with Gasteiger partial charge in [-0.05, 0) is 19.4 Å². The van der Waals surface area contributed by atoms with E-state index in [9.17, 15) is 14.4 Å². The zero-order valence-electron chi connectivity index (χ0n) is 12.4. The van der Waals surface area contributed by atoms with Gasteiger partial charge in [0, 0.05) is 12.6 Å². The second-order valence-corrected chi connectivity index (χ2v) is 5.52. The van der Waals surface area contributed by atoms with Gasteiger partial charge in [-0.15, -0.1) is 11.3 Å². The number of carbonyl (C=O) groups is 2. The highest BCUT2D eigenvalue weighted by molar-refractivity contribution is 7.20. The molecule has 0 radical (unpaired) electrons. The minimum Gasteiger partial charge on any atom is -0.466 e. The van der Waals surface area contributed by atoms with Crippen LogP contribution < -0.4 is 10.9 Å². The fourth-order valence-corrected chi connectivity index (χ4v) is 3.07. The van der Waals surface area contributed by atoms with Gasteiger partial charge in [-0.25, -0.2) is 9.78 Å². The number of hydrogen-bond acceptors (Lipinski definition) is 6. The molecule has 22 heavy (non-hydrogen) atoms. The quantitative estimate of drug-likeness (QED) is 0.648. The maximum atomic E-state index is 12.2. The van der Waals surface area contributed by atoms with Gasteiger partial charge in [0.05, 0.1) is 17.4 Å². The van der Waals surface area contributed by atoms with Crippen LogP contribution in [0.2, 0.25) is 0 Å². The highest BCUT2D eigenvalue weighted by Crippen LogP contribution is 2.26. The first-order valence-corrected chi connectivity index (χ1v) is 7.28. The first kappa shape index (κ1) is 15.9. The highest BCUT2D eigenvalue weighted by atomic mass is 32.1. The maximum Gasteiger partial charge on any atom is 0.330 e. The van der Waals surface area contributed by atoms with E-state index in [1.165, 1.54) is 30.6 Å². The third-order valence-corrected chi connectivity index (χ3v) is 4.15. The molecule has 0 bridgehead atoms. The predicted molar refractivity (Wildman–Crippen MR) is 83.2 cm³/mol. The number of aromatic amines is 1. The number of nitrogens with one attached hydrogen (secondary N) is 2. The summed E-state index contributed by atoms with van der Waals surface area (Å²) in [6.45, 7) is 3.59. The number of amides is 1. The van der Waals surface area contributed by atoms with E-state index in [1.54, 1.807) is 13.8 Å². The van der Waals surface area contributed by atoms with Crippen LogP contribution in [-0.2, 0) is 9.53 Å². The molecule has 0 saturated heterocycles. The van der Waals surface area contributed by atoms with Crippen molar-refractivity contribution in [1.82, 2.24) is 15.3 Å². The lowest BCUT2D eigenvalue weighted by Gasteiger charge is -2.00. The molecule has 2 heterocycles. The summed E-state index contributed by atoms with van der Waals surface area (Å²) in [7, 11) is 1.28. The fraction of sp³-hybridized carbons (Fsp3) is 0.286. The number of H-pyrrole nitrogens is 1. The minimum absolute atomic E-state index is 0.185. The van der Waals surface area contributed by atoms with Crippen LogP contribution in [0.5, 0.6) is 0 Å². The van der Waals surface area contributed by atoms with E-state index in [-0.39, 0.29) is 18.0 Å². The third-order valence-electron chi connectivity index (χ3n) is 2.96. The third kappa shape index (κ3) is 3.22. The summed E-state index contributed by atoms with van der Waals surface area (Å²) in [6, 6.07) is 0. The molecule has 2 aromatic heterocycles. The molecule has 2 N–H and O–H groups in total. The van der Waals surface area contributed by atoms with Gasteiger partial charge in [0.15, 0.2) is 0 Å². The van der Waals surface area contributed by atoms with Crippen LogP contribution in [0.4, 0.5) is 0 Å². The normalized spacial score (nSPS) is 11.0. The molecular formula is C14H15N3O4S. The molecule has 0 aromatic carbocycles. The molecule has 0 aliphatic rings. The lowest BCUT2D eigenvalue weighted by Crippen LogP contribution is -2.23. The van der Waals surface area contributed by atoms with Gasteiger partial charge >= 0.3 is 5.97 Å². The fourth-order valence-electron chi connectivity index (χ4n) is 1.92. The molecule has 0 saturated carbocycles. The SMILES string of the molecule is COC(=O)/C=C/CNC(=O)c1sc2nc(C)[nH]c(=O)c2c1C. The molecule has 0 spiro atoms. The van der Waals surface area contributed by atoms with Crippen LogP contribution in [0.15, 0.2) is 16.9 Å². The van der Waals surface area contributed by atoms with Gasteiger partial charge in [-0.3, -0.25) is 9.59 Å². The van der Waals surface area contributed by atoms with Crippen LogP contribution in [0.3, 0.4) is 0 Å². The van der Waals surface area contributed by atoms with Crippen molar-refractivity contribution in [2.75, 3.05) is 13.7 Å². The van der Waals surface area contributed by atoms with E-state index in [1.807, 2.05) is 0 Å². The van der Waals surface area contributed by atoms with Crippen molar-refractivity contribution >= 4 is 33.4 Å². The van der Waals surface area contributed by atoms with Gasteiger partial charge in [0.2, 0.25) is 0 Å². The lowest BCUT2D eigenvalue weighted by atomic mass is 10.2. The summed E-state index contributed by atoms with van der Waals surface area (Å²) in [5.74, 6) is -0.294. The molecule has 0 aliphatic carbocycles. The Labute approximate surface area is 130 Å². The van der Waals surface area contributed by atoms with Crippen molar-refractivity contribution in [3.63, 3.8) is 0 Å². The number of ether oxygens (including phenoxy) is 1. The number of fused-ring (bicyclic) bond motifs is 1. The van der Waals surface area contributed by atoms with Gasteiger partial charge in [0.25, 0.3) is 11.5 Å². The van der Waals surface area contributed by atoms with Crippen molar-refractivity contribution in [3.05, 3.63) is 38.8 Å². The molecule has 116 valence electrons. The van der Waals surface area contributed by atoms with Crippen LogP contribution >= 0.6 is 11.3 Å². The highest BCUT2D eigenvalue weighted by Gasteiger charge is 2.18. The number of aryl methyl sites for hydroxylation is 2. The van der Waals surface area contributed by atoms with E-state index in [0.29, 0.717) is 26.5 Å². The Bertz CT molecular complexity index is 819. The number of rotatable bonds is 4. The second-order valence-electron chi connectivity index (χ2n) is 4.52. The monoisotopic (exact) mass is 321 g/mol. The number of thiophene rings is 1. The first-order valence-electron chi connectivity index (χ1n) is 6.46. The molecule has 0 fully saturated rings. The number of carbonyl (C=O) groups excluding carboxylic acids is 2. The Balaban J connectivity index is 2.20. The topological polar surface area (TPSA) is 101 Å². The van der Waals surface area contributed by atoms with E-state index in [4.69, 9.17) is 0 Å². The summed E-state index contributed by atoms with van der Waals surface area (Å²) in [5, 5.41) is 3.09. The Kier molecular flexibility index (Phi) is 4.71. The Morgan fingerprint density at radius 1 is 1.41 bits per heavy atom. The summed E-state index contributed by atoms with van der Waals surface area (Å²) < 4.78 is 4.44. The van der Waals surface area contributed by atoms with Crippen molar-refractivity contribution in [1.29, 1.82) is 0 Å². The molecule has 0 unspecified atom stereocenters. The molecule has 1 amide bonds.